The quantitative estimate of drug-likeness (QED) is 0.864. The molecule has 1 saturated heterocycles. The van der Waals surface area contributed by atoms with Crippen LogP contribution in [0, 0.1) is 5.92 Å². The van der Waals surface area contributed by atoms with Gasteiger partial charge in [-0.3, -0.25) is 4.90 Å². The van der Waals surface area contributed by atoms with Gasteiger partial charge in [0, 0.05) is 24.5 Å². The number of thiazole rings is 1. The van der Waals surface area contributed by atoms with E-state index < -0.39 is 0 Å². The van der Waals surface area contributed by atoms with Crippen LogP contribution in [0.25, 0.3) is 0 Å². The van der Waals surface area contributed by atoms with Gasteiger partial charge in [-0.05, 0) is 44.9 Å². The summed E-state index contributed by atoms with van der Waals surface area (Å²) in [6.07, 6.45) is 4.21. The van der Waals surface area contributed by atoms with E-state index in [0.29, 0.717) is 5.92 Å². The lowest BCUT2D eigenvalue weighted by atomic mass is 10.1. The summed E-state index contributed by atoms with van der Waals surface area (Å²) in [5.41, 5.74) is -0.108. The monoisotopic (exact) mass is 306 g/mol. The summed E-state index contributed by atoms with van der Waals surface area (Å²) in [7, 11) is 0. The molecule has 2 aromatic heterocycles. The molecule has 3 rings (SSSR count). The Bertz CT molecular complexity index is 571. The number of tetrazole rings is 1. The van der Waals surface area contributed by atoms with Gasteiger partial charge in [-0.25, -0.2) is 4.98 Å². The first-order chi connectivity index (χ1) is 10.0. The Balaban J connectivity index is 1.54. The summed E-state index contributed by atoms with van der Waals surface area (Å²) < 4.78 is 0. The van der Waals surface area contributed by atoms with E-state index >= 15 is 0 Å². The van der Waals surface area contributed by atoms with Crippen LogP contribution in [0.5, 0.6) is 0 Å². The molecule has 1 atom stereocenters. The third kappa shape index (κ3) is 3.65. The summed E-state index contributed by atoms with van der Waals surface area (Å²) in [5, 5.41) is 16.1. The van der Waals surface area contributed by atoms with Gasteiger partial charge >= 0.3 is 0 Å². The van der Waals surface area contributed by atoms with Crippen LogP contribution in [0.2, 0.25) is 0 Å². The van der Waals surface area contributed by atoms with Crippen molar-refractivity contribution in [3.05, 3.63) is 22.4 Å². The molecule has 21 heavy (non-hydrogen) atoms. The predicted octanol–water partition coefficient (Wildman–Crippen LogP) is 1.95. The smallest absolute Gasteiger partial charge is 0.188 e. The number of aromatic nitrogens is 5. The van der Waals surface area contributed by atoms with E-state index in [4.69, 9.17) is 0 Å². The molecule has 0 N–H and O–H groups in total. The minimum absolute atomic E-state index is 0.108. The molecular formula is C14H22N6S. The fourth-order valence-electron chi connectivity index (χ4n) is 2.61. The Morgan fingerprint density at radius 1 is 1.38 bits per heavy atom. The van der Waals surface area contributed by atoms with Crippen molar-refractivity contribution in [2.24, 2.45) is 5.92 Å². The van der Waals surface area contributed by atoms with E-state index in [1.54, 1.807) is 16.1 Å². The first-order valence-electron chi connectivity index (χ1n) is 7.41. The van der Waals surface area contributed by atoms with Gasteiger partial charge in [-0.1, -0.05) is 0 Å². The molecule has 7 heteroatoms. The van der Waals surface area contributed by atoms with Crippen molar-refractivity contribution in [1.82, 2.24) is 30.1 Å². The Hall–Kier alpha value is -1.34. The Morgan fingerprint density at radius 2 is 2.24 bits per heavy atom. The second-order valence-corrected chi connectivity index (χ2v) is 7.66. The maximum absolute atomic E-state index is 4.49. The Kier molecular flexibility index (Phi) is 4.03. The molecule has 1 aliphatic rings. The first kappa shape index (κ1) is 14.6. The summed E-state index contributed by atoms with van der Waals surface area (Å²) in [6.45, 7) is 9.25. The van der Waals surface area contributed by atoms with Crippen LogP contribution < -0.4 is 0 Å². The van der Waals surface area contributed by atoms with Crippen LogP contribution in [0.1, 0.15) is 38.0 Å². The van der Waals surface area contributed by atoms with Crippen molar-refractivity contribution in [2.75, 3.05) is 13.1 Å². The molecule has 0 aliphatic carbocycles. The van der Waals surface area contributed by atoms with Gasteiger partial charge in [-0.2, -0.15) is 4.80 Å². The van der Waals surface area contributed by atoms with Crippen LogP contribution in [0.4, 0.5) is 0 Å². The summed E-state index contributed by atoms with van der Waals surface area (Å²) in [5.74, 6) is 1.52. The maximum Gasteiger partial charge on any atom is 0.188 e. The highest BCUT2D eigenvalue weighted by Gasteiger charge is 2.25. The van der Waals surface area contributed by atoms with E-state index in [1.807, 2.05) is 6.20 Å². The molecule has 0 radical (unpaired) electrons. The highest BCUT2D eigenvalue weighted by atomic mass is 32.1. The van der Waals surface area contributed by atoms with Gasteiger partial charge in [0.15, 0.2) is 5.82 Å². The third-order valence-electron chi connectivity index (χ3n) is 3.74. The Labute approximate surface area is 129 Å². The van der Waals surface area contributed by atoms with Gasteiger partial charge in [-0.15, -0.1) is 21.5 Å². The normalized spacial score (nSPS) is 20.2. The number of nitrogens with zero attached hydrogens (tertiary/aromatic N) is 6. The average Bonchev–Trinajstić information content (AvgIpc) is 3.11. The van der Waals surface area contributed by atoms with E-state index in [1.165, 1.54) is 11.4 Å². The van der Waals surface area contributed by atoms with Gasteiger partial charge < -0.3 is 0 Å². The van der Waals surface area contributed by atoms with Crippen molar-refractivity contribution in [2.45, 2.75) is 45.7 Å². The minimum Gasteiger partial charge on any atom is -0.296 e. The van der Waals surface area contributed by atoms with Crippen molar-refractivity contribution >= 4 is 11.3 Å². The van der Waals surface area contributed by atoms with Gasteiger partial charge in [0.05, 0.1) is 17.1 Å². The SMILES string of the molecule is CC(C)(C)n1nnc(CN2CCC(Cc3nccs3)C2)n1. The summed E-state index contributed by atoms with van der Waals surface area (Å²) in [4.78, 5) is 8.50. The average molecular weight is 306 g/mol. The summed E-state index contributed by atoms with van der Waals surface area (Å²) >= 11 is 1.75. The zero-order valence-electron chi connectivity index (χ0n) is 12.9. The first-order valence-corrected chi connectivity index (χ1v) is 8.29. The standard InChI is InChI=1S/C14H22N6S/c1-14(2,3)20-17-12(16-18-20)10-19-6-4-11(9-19)8-13-15-5-7-21-13/h5,7,11H,4,6,8-10H2,1-3H3. The molecule has 6 nitrogen and oxygen atoms in total. The molecule has 1 unspecified atom stereocenters. The lowest BCUT2D eigenvalue weighted by molar-refractivity contribution is 0.292. The van der Waals surface area contributed by atoms with Crippen molar-refractivity contribution < 1.29 is 0 Å². The minimum atomic E-state index is -0.108. The molecule has 3 heterocycles. The Morgan fingerprint density at radius 3 is 2.90 bits per heavy atom. The number of rotatable bonds is 4. The molecule has 0 aromatic carbocycles. The lowest BCUT2D eigenvalue weighted by Crippen LogP contribution is -2.25. The van der Waals surface area contributed by atoms with Gasteiger partial charge in [0.1, 0.15) is 0 Å². The topological polar surface area (TPSA) is 59.7 Å². The van der Waals surface area contributed by atoms with Gasteiger partial charge in [0.2, 0.25) is 0 Å². The second kappa shape index (κ2) is 5.81. The van der Waals surface area contributed by atoms with Crippen molar-refractivity contribution in [1.29, 1.82) is 0 Å². The predicted molar refractivity (Wildman–Crippen MR) is 82.0 cm³/mol. The van der Waals surface area contributed by atoms with Crippen LogP contribution in [-0.4, -0.2) is 43.2 Å². The van der Waals surface area contributed by atoms with Crippen LogP contribution in [-0.2, 0) is 18.5 Å². The zero-order valence-corrected chi connectivity index (χ0v) is 13.7. The van der Waals surface area contributed by atoms with Crippen LogP contribution in [0.3, 0.4) is 0 Å². The number of hydrogen-bond donors (Lipinski definition) is 0. The molecule has 0 spiro atoms. The van der Waals surface area contributed by atoms with E-state index in [-0.39, 0.29) is 5.54 Å². The molecule has 1 fully saturated rings. The second-order valence-electron chi connectivity index (χ2n) is 6.69. The van der Waals surface area contributed by atoms with Crippen molar-refractivity contribution in [3.8, 4) is 0 Å². The zero-order chi connectivity index (χ0) is 14.9. The van der Waals surface area contributed by atoms with E-state index in [0.717, 1.165) is 31.9 Å². The number of likely N-dealkylation sites (tertiary alicyclic amines) is 1. The highest BCUT2D eigenvalue weighted by molar-refractivity contribution is 7.09. The lowest BCUT2D eigenvalue weighted by Gasteiger charge is -2.16. The van der Waals surface area contributed by atoms with E-state index in [9.17, 15) is 0 Å². The van der Waals surface area contributed by atoms with Crippen LogP contribution in [0.15, 0.2) is 11.6 Å². The largest absolute Gasteiger partial charge is 0.296 e. The highest BCUT2D eigenvalue weighted by Crippen LogP contribution is 2.22. The molecule has 0 saturated carbocycles. The molecule has 0 amide bonds. The third-order valence-corrected chi connectivity index (χ3v) is 4.54. The number of hydrogen-bond acceptors (Lipinski definition) is 6. The van der Waals surface area contributed by atoms with Crippen LogP contribution >= 0.6 is 11.3 Å². The van der Waals surface area contributed by atoms with Gasteiger partial charge in [0.25, 0.3) is 0 Å². The molecular weight excluding hydrogens is 284 g/mol. The molecule has 1 aliphatic heterocycles. The molecule has 0 bridgehead atoms. The fraction of sp³-hybridized carbons (Fsp3) is 0.714. The molecule has 2 aromatic rings. The fourth-order valence-corrected chi connectivity index (χ4v) is 3.35. The molecule has 114 valence electrons. The summed E-state index contributed by atoms with van der Waals surface area (Å²) in [6, 6.07) is 0. The maximum atomic E-state index is 4.49. The van der Waals surface area contributed by atoms with E-state index in [2.05, 4.69) is 51.4 Å². The van der Waals surface area contributed by atoms with Crippen molar-refractivity contribution in [3.63, 3.8) is 0 Å².